The van der Waals surface area contributed by atoms with Gasteiger partial charge in [-0.3, -0.25) is 4.68 Å². The zero-order valence-electron chi connectivity index (χ0n) is 11.2. The van der Waals surface area contributed by atoms with Crippen molar-refractivity contribution in [2.45, 2.75) is 25.9 Å². The highest BCUT2D eigenvalue weighted by molar-refractivity contribution is 9.10. The first-order chi connectivity index (χ1) is 9.04. The Morgan fingerprint density at radius 3 is 2.42 bits per heavy atom. The molecule has 0 aliphatic heterocycles. The fourth-order valence-electron chi connectivity index (χ4n) is 2.15. The maximum Gasteiger partial charge on any atom is 0.123 e. The van der Waals surface area contributed by atoms with Gasteiger partial charge in [0.2, 0.25) is 0 Å². The highest BCUT2D eigenvalue weighted by Gasteiger charge is 2.21. The lowest BCUT2D eigenvalue weighted by atomic mass is 10.0. The van der Waals surface area contributed by atoms with Crippen molar-refractivity contribution in [3.05, 3.63) is 52.0 Å². The quantitative estimate of drug-likeness (QED) is 0.929. The molecule has 1 aromatic carbocycles. The van der Waals surface area contributed by atoms with Crippen LogP contribution < -0.4 is 5.32 Å². The molecule has 1 aromatic heterocycles. The van der Waals surface area contributed by atoms with E-state index in [0.717, 1.165) is 15.7 Å². The van der Waals surface area contributed by atoms with Gasteiger partial charge in [0.25, 0.3) is 0 Å². The molecule has 0 fully saturated rings. The van der Waals surface area contributed by atoms with E-state index in [-0.39, 0.29) is 17.9 Å². The summed E-state index contributed by atoms with van der Waals surface area (Å²) in [6.07, 6.45) is 1.79. The van der Waals surface area contributed by atoms with Crippen LogP contribution in [0.4, 0.5) is 4.39 Å². The molecule has 0 radical (unpaired) electrons. The molecule has 0 saturated carbocycles. The van der Waals surface area contributed by atoms with Crippen molar-refractivity contribution in [2.75, 3.05) is 7.05 Å². The lowest BCUT2D eigenvalue weighted by molar-refractivity contribution is 0.483. The van der Waals surface area contributed by atoms with E-state index >= 15 is 0 Å². The summed E-state index contributed by atoms with van der Waals surface area (Å²) in [4.78, 5) is 0. The Morgan fingerprint density at radius 2 is 1.89 bits per heavy atom. The van der Waals surface area contributed by atoms with E-state index in [1.807, 2.05) is 11.7 Å². The van der Waals surface area contributed by atoms with E-state index in [4.69, 9.17) is 0 Å². The van der Waals surface area contributed by atoms with Crippen molar-refractivity contribution in [1.29, 1.82) is 0 Å². The molecule has 102 valence electrons. The maximum absolute atomic E-state index is 13.0. The predicted molar refractivity (Wildman–Crippen MR) is 77.6 cm³/mol. The summed E-state index contributed by atoms with van der Waals surface area (Å²) in [5.41, 5.74) is 2.05. The number of benzene rings is 1. The van der Waals surface area contributed by atoms with Gasteiger partial charge in [-0.2, -0.15) is 5.10 Å². The molecule has 0 spiro atoms. The fourth-order valence-corrected chi connectivity index (χ4v) is 2.65. The summed E-state index contributed by atoms with van der Waals surface area (Å²) in [7, 11) is 1.89. The number of aromatic nitrogens is 2. The van der Waals surface area contributed by atoms with Gasteiger partial charge in [-0.15, -0.1) is 0 Å². The van der Waals surface area contributed by atoms with Crippen LogP contribution in [0.1, 0.15) is 37.2 Å². The van der Waals surface area contributed by atoms with E-state index in [9.17, 15) is 4.39 Å². The molecule has 2 rings (SSSR count). The fraction of sp³-hybridized carbons (Fsp3) is 0.357. The standard InChI is InChI=1S/C14H17BrFN3/c1-9(2)19-14(12(15)8-18-19)13(17-3)10-4-6-11(16)7-5-10/h4-9,13,17H,1-3H3. The monoisotopic (exact) mass is 325 g/mol. The van der Waals surface area contributed by atoms with E-state index in [2.05, 4.69) is 40.2 Å². The topological polar surface area (TPSA) is 29.9 Å². The zero-order valence-corrected chi connectivity index (χ0v) is 12.8. The molecule has 1 N–H and O–H groups in total. The molecule has 0 aliphatic carbocycles. The van der Waals surface area contributed by atoms with Crippen LogP contribution in [0.3, 0.4) is 0 Å². The third kappa shape index (κ3) is 2.87. The summed E-state index contributed by atoms with van der Waals surface area (Å²) in [5.74, 6) is -0.227. The average Bonchev–Trinajstić information content (AvgIpc) is 2.75. The van der Waals surface area contributed by atoms with Crippen molar-refractivity contribution >= 4 is 15.9 Å². The minimum absolute atomic E-state index is 0.0279. The number of rotatable bonds is 4. The van der Waals surface area contributed by atoms with Crippen molar-refractivity contribution in [2.24, 2.45) is 0 Å². The Labute approximate surface area is 121 Å². The summed E-state index contributed by atoms with van der Waals surface area (Å²) >= 11 is 3.54. The Morgan fingerprint density at radius 1 is 1.26 bits per heavy atom. The van der Waals surface area contributed by atoms with Crippen LogP contribution in [0, 0.1) is 5.82 Å². The molecular formula is C14H17BrFN3. The lowest BCUT2D eigenvalue weighted by Gasteiger charge is -2.21. The number of nitrogens with one attached hydrogen (secondary N) is 1. The van der Waals surface area contributed by atoms with E-state index in [0.29, 0.717) is 0 Å². The van der Waals surface area contributed by atoms with Gasteiger partial charge in [0, 0.05) is 6.04 Å². The van der Waals surface area contributed by atoms with Gasteiger partial charge in [-0.25, -0.2) is 4.39 Å². The second kappa shape index (κ2) is 5.84. The largest absolute Gasteiger partial charge is 0.308 e. The Kier molecular flexibility index (Phi) is 4.37. The van der Waals surface area contributed by atoms with Crippen LogP contribution in [0.15, 0.2) is 34.9 Å². The van der Waals surface area contributed by atoms with Gasteiger partial charge in [0.15, 0.2) is 0 Å². The number of halogens is 2. The second-order valence-electron chi connectivity index (χ2n) is 4.69. The van der Waals surface area contributed by atoms with Crippen LogP contribution in [0.5, 0.6) is 0 Å². The van der Waals surface area contributed by atoms with Gasteiger partial charge in [0.05, 0.1) is 22.4 Å². The molecule has 19 heavy (non-hydrogen) atoms. The van der Waals surface area contributed by atoms with Crippen LogP contribution in [-0.2, 0) is 0 Å². The molecular weight excluding hydrogens is 309 g/mol. The Bertz CT molecular complexity index is 548. The molecule has 0 aliphatic rings. The van der Waals surface area contributed by atoms with Crippen molar-refractivity contribution < 1.29 is 4.39 Å². The van der Waals surface area contributed by atoms with Gasteiger partial charge < -0.3 is 5.32 Å². The van der Waals surface area contributed by atoms with Crippen LogP contribution >= 0.6 is 15.9 Å². The summed E-state index contributed by atoms with van der Waals surface area (Å²) in [5, 5.41) is 7.65. The van der Waals surface area contributed by atoms with Crippen LogP contribution in [-0.4, -0.2) is 16.8 Å². The van der Waals surface area contributed by atoms with E-state index in [1.54, 1.807) is 18.3 Å². The Balaban J connectivity index is 2.47. The highest BCUT2D eigenvalue weighted by Crippen LogP contribution is 2.30. The predicted octanol–water partition coefficient (Wildman–Crippen LogP) is 3.67. The molecule has 1 atom stereocenters. The van der Waals surface area contributed by atoms with Gasteiger partial charge in [-0.05, 0) is 54.5 Å². The molecule has 1 heterocycles. The van der Waals surface area contributed by atoms with E-state index in [1.165, 1.54) is 12.1 Å². The second-order valence-corrected chi connectivity index (χ2v) is 5.54. The van der Waals surface area contributed by atoms with Crippen molar-refractivity contribution in [1.82, 2.24) is 15.1 Å². The summed E-state index contributed by atoms with van der Waals surface area (Å²) < 4.78 is 16.0. The normalized spacial score (nSPS) is 12.9. The van der Waals surface area contributed by atoms with Crippen LogP contribution in [0.2, 0.25) is 0 Å². The lowest BCUT2D eigenvalue weighted by Crippen LogP contribution is -2.22. The molecule has 3 nitrogen and oxygen atoms in total. The smallest absolute Gasteiger partial charge is 0.123 e. The van der Waals surface area contributed by atoms with Gasteiger partial charge in [-0.1, -0.05) is 12.1 Å². The molecule has 0 amide bonds. The summed E-state index contributed by atoms with van der Waals surface area (Å²) in [6, 6.07) is 6.77. The van der Waals surface area contributed by atoms with E-state index < -0.39 is 0 Å². The molecule has 0 bridgehead atoms. The first kappa shape index (κ1) is 14.2. The minimum Gasteiger partial charge on any atom is -0.308 e. The molecule has 0 saturated heterocycles. The molecule has 1 unspecified atom stereocenters. The Hall–Kier alpha value is -1.20. The van der Waals surface area contributed by atoms with Gasteiger partial charge in [0.1, 0.15) is 5.82 Å². The van der Waals surface area contributed by atoms with Crippen molar-refractivity contribution in [3.8, 4) is 0 Å². The number of hydrogen-bond acceptors (Lipinski definition) is 2. The first-order valence-electron chi connectivity index (χ1n) is 6.20. The highest BCUT2D eigenvalue weighted by atomic mass is 79.9. The number of nitrogens with zero attached hydrogens (tertiary/aromatic N) is 2. The first-order valence-corrected chi connectivity index (χ1v) is 6.99. The minimum atomic E-state index is -0.227. The third-order valence-electron chi connectivity index (χ3n) is 3.04. The zero-order chi connectivity index (χ0) is 14.0. The van der Waals surface area contributed by atoms with Crippen molar-refractivity contribution in [3.63, 3.8) is 0 Å². The van der Waals surface area contributed by atoms with Crippen LogP contribution in [0.25, 0.3) is 0 Å². The molecule has 2 aromatic rings. The van der Waals surface area contributed by atoms with Gasteiger partial charge >= 0.3 is 0 Å². The summed E-state index contributed by atoms with van der Waals surface area (Å²) in [6.45, 7) is 4.17. The molecule has 5 heteroatoms. The average molecular weight is 326 g/mol. The maximum atomic E-state index is 13.0. The third-order valence-corrected chi connectivity index (χ3v) is 3.65. The SMILES string of the molecule is CNC(c1ccc(F)cc1)c1c(Br)cnn1C(C)C. The number of hydrogen-bond donors (Lipinski definition) is 1.